The van der Waals surface area contributed by atoms with Crippen molar-refractivity contribution >= 4 is 11.9 Å². The first kappa shape index (κ1) is 10.4. The highest BCUT2D eigenvalue weighted by molar-refractivity contribution is 5.86. The lowest BCUT2D eigenvalue weighted by molar-refractivity contribution is -0.343. The second kappa shape index (κ2) is 2.72. The summed E-state index contributed by atoms with van der Waals surface area (Å²) in [5.41, 5.74) is -2.98. The molecular weight excluding hydrogens is 200 g/mol. The van der Waals surface area contributed by atoms with Gasteiger partial charge in [-0.05, 0) is 12.8 Å². The maximum atomic E-state index is 11.2. The molecule has 2 saturated heterocycles. The van der Waals surface area contributed by atoms with Crippen LogP contribution in [0.5, 0.6) is 0 Å². The molecule has 2 fully saturated rings. The Morgan fingerprint density at radius 2 is 1.40 bits per heavy atom. The number of carboxylic acid groups (broad SMARTS) is 2. The minimum absolute atomic E-state index is 0.567. The van der Waals surface area contributed by atoms with E-state index in [0.29, 0.717) is 12.8 Å². The van der Waals surface area contributed by atoms with Gasteiger partial charge < -0.3 is 24.5 Å². The number of aliphatic carboxylic acids is 2. The molecule has 0 aromatic heterocycles. The Morgan fingerprint density at radius 3 is 1.67 bits per heavy atom. The Bertz CT molecular complexity index is 307. The van der Waals surface area contributed by atoms with Crippen LogP contribution in [0.3, 0.4) is 0 Å². The zero-order valence-electron chi connectivity index (χ0n) is 8.61. The first-order valence-corrected chi connectivity index (χ1v) is 4.93. The summed E-state index contributed by atoms with van der Waals surface area (Å²) in [6, 6.07) is 0. The molecular formula is C10H12O5-2. The van der Waals surface area contributed by atoms with E-state index in [-0.39, 0.29) is 0 Å². The van der Waals surface area contributed by atoms with Crippen LogP contribution in [0.15, 0.2) is 0 Å². The molecule has 2 heterocycles. The zero-order chi connectivity index (χ0) is 11.4. The average Bonchev–Trinajstić information content (AvgIpc) is 2.69. The predicted molar refractivity (Wildman–Crippen MR) is 44.1 cm³/mol. The summed E-state index contributed by atoms with van der Waals surface area (Å²) in [4.78, 5) is 22.3. The molecule has 5 heteroatoms. The third kappa shape index (κ3) is 0.916. The number of hydrogen-bond donors (Lipinski definition) is 0. The maximum absolute atomic E-state index is 11.2. The highest BCUT2D eigenvalue weighted by Gasteiger charge is 2.65. The van der Waals surface area contributed by atoms with Crippen LogP contribution in [0.25, 0.3) is 0 Å². The molecule has 2 aliphatic rings. The fourth-order valence-electron chi connectivity index (χ4n) is 2.84. The van der Waals surface area contributed by atoms with Gasteiger partial charge >= 0.3 is 0 Å². The Labute approximate surface area is 87.0 Å². The lowest BCUT2D eigenvalue weighted by Crippen LogP contribution is -2.62. The van der Waals surface area contributed by atoms with Crippen LogP contribution in [0.1, 0.15) is 26.7 Å². The molecule has 0 spiro atoms. The van der Waals surface area contributed by atoms with E-state index < -0.39 is 35.0 Å². The van der Waals surface area contributed by atoms with Gasteiger partial charge in [0.15, 0.2) is 0 Å². The highest BCUT2D eigenvalue weighted by atomic mass is 16.5. The summed E-state index contributed by atoms with van der Waals surface area (Å²) in [7, 11) is 0. The highest BCUT2D eigenvalue weighted by Crippen LogP contribution is 2.58. The second-order valence-corrected chi connectivity index (χ2v) is 4.67. The summed E-state index contributed by atoms with van der Waals surface area (Å²) < 4.78 is 5.38. The SMILES string of the molecule is C[C@]1(C(=O)[O-])[C@H]2CC[C@H](O2)[C@@]1(C)C(=O)[O-]. The smallest absolute Gasteiger partial charge is 0.0695 e. The summed E-state index contributed by atoms with van der Waals surface area (Å²) in [5.74, 6) is -2.75. The molecule has 0 aromatic rings. The molecule has 5 nitrogen and oxygen atoms in total. The van der Waals surface area contributed by atoms with Gasteiger partial charge in [-0.2, -0.15) is 0 Å². The Morgan fingerprint density at radius 1 is 1.07 bits per heavy atom. The van der Waals surface area contributed by atoms with Gasteiger partial charge in [0, 0.05) is 10.8 Å². The number of hydrogen-bond acceptors (Lipinski definition) is 5. The first-order chi connectivity index (χ1) is 6.85. The summed E-state index contributed by atoms with van der Waals surface area (Å²) in [6.45, 7) is 2.75. The number of fused-ring (bicyclic) bond motifs is 2. The third-order valence-electron chi connectivity index (χ3n) is 4.23. The standard InChI is InChI=1S/C10H14O5/c1-9(7(11)12)5-3-4-6(15-5)10(9,2)8(13)14/h5-6H,3-4H2,1-2H3,(H,11,12)(H,13,14)/p-2/t5-,6+,9-,10+. The fraction of sp³-hybridized carbons (Fsp3) is 0.800. The normalized spacial score (nSPS) is 48.1. The van der Waals surface area contributed by atoms with Gasteiger partial charge in [0.25, 0.3) is 0 Å². The van der Waals surface area contributed by atoms with Crippen molar-refractivity contribution < 1.29 is 24.5 Å². The topological polar surface area (TPSA) is 89.5 Å². The van der Waals surface area contributed by atoms with Crippen LogP contribution in [-0.4, -0.2) is 24.1 Å². The van der Waals surface area contributed by atoms with Crippen LogP contribution < -0.4 is 10.2 Å². The molecule has 0 radical (unpaired) electrons. The van der Waals surface area contributed by atoms with Gasteiger partial charge in [-0.25, -0.2) is 0 Å². The molecule has 0 aromatic carbocycles. The first-order valence-electron chi connectivity index (χ1n) is 4.93. The van der Waals surface area contributed by atoms with Crippen LogP contribution >= 0.6 is 0 Å². The number of carbonyl (C=O) groups excluding carboxylic acids is 2. The van der Waals surface area contributed by atoms with Crippen molar-refractivity contribution in [2.45, 2.75) is 38.9 Å². The monoisotopic (exact) mass is 212 g/mol. The molecule has 0 saturated carbocycles. The quantitative estimate of drug-likeness (QED) is 0.531. The van der Waals surface area contributed by atoms with Crippen LogP contribution in [0.2, 0.25) is 0 Å². The molecule has 0 amide bonds. The minimum atomic E-state index is -1.49. The van der Waals surface area contributed by atoms with Crippen LogP contribution in [0, 0.1) is 10.8 Å². The summed E-state index contributed by atoms with van der Waals surface area (Å²) in [5, 5.41) is 22.3. The van der Waals surface area contributed by atoms with Crippen molar-refractivity contribution in [1.29, 1.82) is 0 Å². The second-order valence-electron chi connectivity index (χ2n) is 4.67. The van der Waals surface area contributed by atoms with Gasteiger partial charge in [-0.3, -0.25) is 0 Å². The van der Waals surface area contributed by atoms with Gasteiger partial charge in [0.2, 0.25) is 0 Å². The number of carboxylic acids is 2. The van der Waals surface area contributed by atoms with Crippen LogP contribution in [-0.2, 0) is 14.3 Å². The Hall–Kier alpha value is -1.10. The predicted octanol–water partition coefficient (Wildman–Crippen LogP) is -1.94. The van der Waals surface area contributed by atoms with E-state index in [9.17, 15) is 19.8 Å². The molecule has 84 valence electrons. The average molecular weight is 212 g/mol. The van der Waals surface area contributed by atoms with Crippen molar-refractivity contribution in [3.63, 3.8) is 0 Å². The van der Waals surface area contributed by atoms with Crippen molar-refractivity contribution in [1.82, 2.24) is 0 Å². The summed E-state index contributed by atoms with van der Waals surface area (Å²) in [6.07, 6.45) is -0.0125. The van der Waals surface area contributed by atoms with Crippen molar-refractivity contribution in [2.75, 3.05) is 0 Å². The number of ether oxygens (including phenoxy) is 1. The molecule has 15 heavy (non-hydrogen) atoms. The summed E-state index contributed by atoms with van der Waals surface area (Å²) >= 11 is 0. The van der Waals surface area contributed by atoms with E-state index in [2.05, 4.69) is 0 Å². The maximum Gasteiger partial charge on any atom is 0.0695 e. The Balaban J connectivity index is 2.53. The van der Waals surface area contributed by atoms with Gasteiger partial charge in [-0.15, -0.1) is 0 Å². The molecule has 2 rings (SSSR count). The molecule has 2 bridgehead atoms. The van der Waals surface area contributed by atoms with E-state index in [1.54, 1.807) is 0 Å². The van der Waals surface area contributed by atoms with Gasteiger partial charge in [-0.1, -0.05) is 13.8 Å². The lowest BCUT2D eigenvalue weighted by atomic mass is 9.57. The van der Waals surface area contributed by atoms with Crippen LogP contribution in [0.4, 0.5) is 0 Å². The molecule has 0 N–H and O–H groups in total. The van der Waals surface area contributed by atoms with E-state index in [0.717, 1.165) is 0 Å². The Kier molecular flexibility index (Phi) is 1.89. The van der Waals surface area contributed by atoms with Gasteiger partial charge in [0.1, 0.15) is 0 Å². The van der Waals surface area contributed by atoms with Gasteiger partial charge in [0.05, 0.1) is 24.1 Å². The van der Waals surface area contributed by atoms with Crippen molar-refractivity contribution in [3.05, 3.63) is 0 Å². The fourth-order valence-corrected chi connectivity index (χ4v) is 2.84. The lowest BCUT2D eigenvalue weighted by Gasteiger charge is -2.47. The molecule has 4 atom stereocenters. The molecule has 2 aliphatic heterocycles. The third-order valence-corrected chi connectivity index (χ3v) is 4.23. The minimum Gasteiger partial charge on any atom is -0.549 e. The van der Waals surface area contributed by atoms with Crippen molar-refractivity contribution in [2.24, 2.45) is 10.8 Å². The van der Waals surface area contributed by atoms with E-state index in [4.69, 9.17) is 4.74 Å². The number of carbonyl (C=O) groups is 2. The largest absolute Gasteiger partial charge is 0.549 e. The van der Waals surface area contributed by atoms with E-state index in [1.165, 1.54) is 13.8 Å². The molecule has 0 aliphatic carbocycles. The van der Waals surface area contributed by atoms with Crippen molar-refractivity contribution in [3.8, 4) is 0 Å². The van der Waals surface area contributed by atoms with E-state index >= 15 is 0 Å². The molecule has 0 unspecified atom stereocenters. The number of rotatable bonds is 2. The zero-order valence-corrected chi connectivity index (χ0v) is 8.61. The van der Waals surface area contributed by atoms with E-state index in [1.807, 2.05) is 0 Å².